The Bertz CT molecular complexity index is 784. The maximum Gasteiger partial charge on any atom is 0.235 e. The van der Waals surface area contributed by atoms with Crippen LogP contribution in [0.2, 0.25) is 0 Å². The van der Waals surface area contributed by atoms with Crippen molar-refractivity contribution in [3.63, 3.8) is 0 Å². The van der Waals surface area contributed by atoms with Crippen molar-refractivity contribution in [2.75, 3.05) is 20.2 Å². The Labute approximate surface area is 165 Å². The molecule has 0 bridgehead atoms. The van der Waals surface area contributed by atoms with Gasteiger partial charge in [-0.1, -0.05) is 30.8 Å². The molecule has 1 saturated heterocycles. The van der Waals surface area contributed by atoms with Gasteiger partial charge in [-0.25, -0.2) is 0 Å². The van der Waals surface area contributed by atoms with E-state index in [1.165, 1.54) is 11.8 Å². The summed E-state index contributed by atoms with van der Waals surface area (Å²) < 4.78 is 7.51. The second-order valence-electron chi connectivity index (χ2n) is 7.02. The number of piperidine rings is 1. The number of aromatic nitrogens is 3. The molecule has 1 aliphatic heterocycles. The van der Waals surface area contributed by atoms with E-state index < -0.39 is 0 Å². The van der Waals surface area contributed by atoms with E-state index in [1.54, 1.807) is 7.11 Å². The van der Waals surface area contributed by atoms with E-state index in [0.29, 0.717) is 5.92 Å². The van der Waals surface area contributed by atoms with Gasteiger partial charge in [0.25, 0.3) is 0 Å². The Balaban J connectivity index is 1.77. The molecular weight excluding hydrogens is 360 g/mol. The van der Waals surface area contributed by atoms with Gasteiger partial charge in [0.1, 0.15) is 5.75 Å². The fourth-order valence-electron chi connectivity index (χ4n) is 3.38. The molecule has 1 fully saturated rings. The first-order valence-electron chi connectivity index (χ1n) is 9.57. The van der Waals surface area contributed by atoms with Gasteiger partial charge in [0.15, 0.2) is 11.0 Å². The lowest BCUT2D eigenvalue weighted by molar-refractivity contribution is -0.131. The summed E-state index contributed by atoms with van der Waals surface area (Å²) in [5, 5.41) is 9.34. The Morgan fingerprint density at radius 3 is 2.67 bits per heavy atom. The predicted octanol–water partition coefficient (Wildman–Crippen LogP) is 3.71. The number of carbonyl (C=O) groups excluding carboxylic acids is 1. The number of hydrogen-bond donors (Lipinski definition) is 0. The number of ether oxygens (including phenoxy) is 1. The largest absolute Gasteiger partial charge is 0.496 e. The summed E-state index contributed by atoms with van der Waals surface area (Å²) in [7, 11) is 1.65. The molecule has 7 heteroatoms. The van der Waals surface area contributed by atoms with Crippen molar-refractivity contribution in [3.8, 4) is 17.1 Å². The first kappa shape index (κ1) is 19.7. The van der Waals surface area contributed by atoms with E-state index in [0.717, 1.165) is 54.8 Å². The van der Waals surface area contributed by atoms with Crippen molar-refractivity contribution in [2.45, 2.75) is 50.6 Å². The maximum absolute atomic E-state index is 12.8. The average Bonchev–Trinajstić information content (AvgIpc) is 3.10. The third-order valence-corrected chi connectivity index (χ3v) is 6.17. The fraction of sp³-hybridized carbons (Fsp3) is 0.550. The minimum atomic E-state index is -0.182. The molecule has 0 radical (unpaired) electrons. The summed E-state index contributed by atoms with van der Waals surface area (Å²) >= 11 is 1.48. The van der Waals surface area contributed by atoms with Crippen molar-refractivity contribution in [1.29, 1.82) is 0 Å². The van der Waals surface area contributed by atoms with Gasteiger partial charge in [-0.05, 0) is 44.7 Å². The molecule has 3 rings (SSSR count). The second-order valence-corrected chi connectivity index (χ2v) is 8.33. The molecular formula is C20H28N4O2S. The molecule has 1 aromatic carbocycles. The van der Waals surface area contributed by atoms with Gasteiger partial charge in [-0.3, -0.25) is 4.79 Å². The van der Waals surface area contributed by atoms with Crippen molar-refractivity contribution < 1.29 is 9.53 Å². The van der Waals surface area contributed by atoms with E-state index >= 15 is 0 Å². The molecule has 146 valence electrons. The van der Waals surface area contributed by atoms with Crippen LogP contribution in [0.5, 0.6) is 5.75 Å². The number of likely N-dealkylation sites (tertiary alicyclic amines) is 1. The quantitative estimate of drug-likeness (QED) is 0.706. The number of amides is 1. The molecule has 27 heavy (non-hydrogen) atoms. The summed E-state index contributed by atoms with van der Waals surface area (Å²) in [6.45, 7) is 8.72. The molecule has 0 spiro atoms. The number of methoxy groups -OCH3 is 1. The molecule has 1 amide bonds. The summed E-state index contributed by atoms with van der Waals surface area (Å²) in [4.78, 5) is 14.8. The molecule has 1 aliphatic rings. The Hall–Kier alpha value is -2.02. The lowest BCUT2D eigenvalue weighted by atomic mass is 9.99. The predicted molar refractivity (Wildman–Crippen MR) is 108 cm³/mol. The normalized spacial score (nSPS) is 16.4. The van der Waals surface area contributed by atoms with E-state index in [9.17, 15) is 4.79 Å². The van der Waals surface area contributed by atoms with Crippen molar-refractivity contribution in [1.82, 2.24) is 19.7 Å². The van der Waals surface area contributed by atoms with Gasteiger partial charge in [0.2, 0.25) is 5.91 Å². The number of nitrogens with zero attached hydrogens (tertiary/aromatic N) is 4. The van der Waals surface area contributed by atoms with Crippen LogP contribution in [0.4, 0.5) is 0 Å². The Kier molecular flexibility index (Phi) is 6.42. The third-order valence-electron chi connectivity index (χ3n) is 5.11. The molecule has 0 unspecified atom stereocenters. The standard InChI is InChI=1S/C20H28N4O2S/c1-5-24-18(16-8-6-7-9-17(16)26-4)21-22-20(24)27-15(3)19(25)23-12-10-14(2)11-13-23/h6-9,14-15H,5,10-13H2,1-4H3/t15-/m0/s1. The van der Waals surface area contributed by atoms with Crippen LogP contribution in [0.25, 0.3) is 11.4 Å². The number of benzene rings is 1. The van der Waals surface area contributed by atoms with Crippen LogP contribution in [0, 0.1) is 5.92 Å². The van der Waals surface area contributed by atoms with Gasteiger partial charge in [-0.15, -0.1) is 10.2 Å². The first-order chi connectivity index (χ1) is 13.0. The first-order valence-corrected chi connectivity index (χ1v) is 10.4. The number of thioether (sulfide) groups is 1. The zero-order chi connectivity index (χ0) is 19.4. The smallest absolute Gasteiger partial charge is 0.235 e. The van der Waals surface area contributed by atoms with Crippen molar-refractivity contribution >= 4 is 17.7 Å². The lowest BCUT2D eigenvalue weighted by Gasteiger charge is -2.31. The molecule has 0 N–H and O–H groups in total. The van der Waals surface area contributed by atoms with Crippen LogP contribution in [0.3, 0.4) is 0 Å². The molecule has 2 heterocycles. The summed E-state index contributed by atoms with van der Waals surface area (Å²) in [5.74, 6) is 2.44. The lowest BCUT2D eigenvalue weighted by Crippen LogP contribution is -2.41. The highest BCUT2D eigenvalue weighted by atomic mass is 32.2. The van der Waals surface area contributed by atoms with Crippen LogP contribution < -0.4 is 4.74 Å². The molecule has 6 nitrogen and oxygen atoms in total. The molecule has 1 atom stereocenters. The van der Waals surface area contributed by atoms with Crippen LogP contribution >= 0.6 is 11.8 Å². The van der Waals surface area contributed by atoms with Crippen molar-refractivity contribution in [2.24, 2.45) is 5.92 Å². The van der Waals surface area contributed by atoms with Crippen molar-refractivity contribution in [3.05, 3.63) is 24.3 Å². The maximum atomic E-state index is 12.8. The Morgan fingerprint density at radius 2 is 2.00 bits per heavy atom. The van der Waals surface area contributed by atoms with E-state index in [1.807, 2.05) is 40.7 Å². The number of carbonyl (C=O) groups is 1. The van der Waals surface area contributed by atoms with Crippen LogP contribution in [-0.2, 0) is 11.3 Å². The minimum Gasteiger partial charge on any atom is -0.496 e. The molecule has 0 saturated carbocycles. The fourth-order valence-corrected chi connectivity index (χ4v) is 4.38. The SMILES string of the molecule is CCn1c(S[C@@H](C)C(=O)N2CCC(C)CC2)nnc1-c1ccccc1OC. The van der Waals surface area contributed by atoms with E-state index in [4.69, 9.17) is 4.74 Å². The topological polar surface area (TPSA) is 60.2 Å². The highest BCUT2D eigenvalue weighted by Crippen LogP contribution is 2.32. The highest BCUT2D eigenvalue weighted by molar-refractivity contribution is 8.00. The summed E-state index contributed by atoms with van der Waals surface area (Å²) in [5.41, 5.74) is 0.908. The molecule has 2 aromatic rings. The van der Waals surface area contributed by atoms with Crippen LogP contribution in [0.1, 0.15) is 33.6 Å². The van der Waals surface area contributed by atoms with Gasteiger partial charge in [-0.2, -0.15) is 0 Å². The number of rotatable bonds is 6. The van der Waals surface area contributed by atoms with E-state index in [-0.39, 0.29) is 11.2 Å². The van der Waals surface area contributed by atoms with Crippen LogP contribution in [-0.4, -0.2) is 51.0 Å². The average molecular weight is 389 g/mol. The van der Waals surface area contributed by atoms with Gasteiger partial charge in [0.05, 0.1) is 17.9 Å². The third kappa shape index (κ3) is 4.29. The monoisotopic (exact) mass is 388 g/mol. The second kappa shape index (κ2) is 8.78. The molecule has 0 aliphatic carbocycles. The minimum absolute atomic E-state index is 0.182. The summed E-state index contributed by atoms with van der Waals surface area (Å²) in [6.07, 6.45) is 2.18. The highest BCUT2D eigenvalue weighted by Gasteiger charge is 2.27. The van der Waals surface area contributed by atoms with Gasteiger partial charge >= 0.3 is 0 Å². The van der Waals surface area contributed by atoms with Gasteiger partial charge in [0, 0.05) is 19.6 Å². The van der Waals surface area contributed by atoms with Gasteiger partial charge < -0.3 is 14.2 Å². The zero-order valence-electron chi connectivity index (χ0n) is 16.5. The van der Waals surface area contributed by atoms with Crippen LogP contribution in [0.15, 0.2) is 29.4 Å². The van der Waals surface area contributed by atoms with E-state index in [2.05, 4.69) is 24.0 Å². The summed E-state index contributed by atoms with van der Waals surface area (Å²) in [6, 6.07) is 7.79. The molecule has 1 aromatic heterocycles. The number of para-hydroxylation sites is 1. The Morgan fingerprint density at radius 1 is 1.30 bits per heavy atom. The number of hydrogen-bond acceptors (Lipinski definition) is 5. The zero-order valence-corrected chi connectivity index (χ0v) is 17.3.